The summed E-state index contributed by atoms with van der Waals surface area (Å²) in [4.78, 5) is 24.5. The Balaban J connectivity index is 2.03. The fraction of sp³-hybridized carbons (Fsp3) is 0.385. The predicted octanol–water partition coefficient (Wildman–Crippen LogP) is 0.148. The van der Waals surface area contributed by atoms with Gasteiger partial charge >= 0.3 is 5.97 Å². The third kappa shape index (κ3) is 4.02. The zero-order chi connectivity index (χ0) is 15.6. The van der Waals surface area contributed by atoms with Gasteiger partial charge in [-0.2, -0.15) is 0 Å². The number of benzene rings is 1. The molecular weight excluding hydrogens is 296 g/mol. The lowest BCUT2D eigenvalue weighted by atomic mass is 10.1. The number of amides is 1. The van der Waals surface area contributed by atoms with Crippen molar-refractivity contribution < 1.29 is 23.1 Å². The Hall–Kier alpha value is -1.93. The minimum absolute atomic E-state index is 0.115. The van der Waals surface area contributed by atoms with E-state index in [0.717, 1.165) is 6.26 Å². The van der Waals surface area contributed by atoms with Gasteiger partial charge in [0.05, 0.1) is 11.8 Å². The fourth-order valence-corrected chi connectivity index (χ4v) is 3.08. The first-order chi connectivity index (χ1) is 9.76. The van der Waals surface area contributed by atoms with E-state index in [4.69, 9.17) is 5.11 Å². The van der Waals surface area contributed by atoms with Crippen LogP contribution in [0.25, 0.3) is 0 Å². The number of rotatable bonds is 4. The minimum Gasteiger partial charge on any atom is -0.478 e. The van der Waals surface area contributed by atoms with Crippen LogP contribution in [0.1, 0.15) is 27.1 Å². The summed E-state index contributed by atoms with van der Waals surface area (Å²) >= 11 is 0. The number of carboxylic acid groups (broad SMARTS) is 1. The molecule has 8 heteroatoms. The second-order valence-corrected chi connectivity index (χ2v) is 6.79. The van der Waals surface area contributed by atoms with Crippen molar-refractivity contribution in [2.45, 2.75) is 12.5 Å². The van der Waals surface area contributed by atoms with E-state index in [-0.39, 0.29) is 17.5 Å². The molecule has 0 aliphatic carbocycles. The van der Waals surface area contributed by atoms with E-state index in [0.29, 0.717) is 25.1 Å². The monoisotopic (exact) mass is 312 g/mol. The molecule has 1 fully saturated rings. The van der Waals surface area contributed by atoms with Crippen molar-refractivity contribution in [1.82, 2.24) is 9.62 Å². The number of likely N-dealkylation sites (tertiary alicyclic amines) is 1. The maximum absolute atomic E-state index is 12.2. The van der Waals surface area contributed by atoms with E-state index in [9.17, 15) is 18.0 Å². The fourth-order valence-electron chi connectivity index (χ4n) is 2.28. The minimum atomic E-state index is -3.29. The van der Waals surface area contributed by atoms with E-state index >= 15 is 0 Å². The summed E-state index contributed by atoms with van der Waals surface area (Å²) in [6.45, 7) is 0.777. The van der Waals surface area contributed by atoms with Crippen LogP contribution in [-0.4, -0.2) is 55.7 Å². The molecule has 114 valence electrons. The summed E-state index contributed by atoms with van der Waals surface area (Å²) in [5.74, 6) is -1.28. The van der Waals surface area contributed by atoms with Crippen LogP contribution < -0.4 is 4.72 Å². The van der Waals surface area contributed by atoms with Crippen LogP contribution in [0.3, 0.4) is 0 Å². The molecule has 0 saturated carbocycles. The van der Waals surface area contributed by atoms with Crippen molar-refractivity contribution in [3.8, 4) is 0 Å². The molecule has 0 bridgehead atoms. The Labute approximate surface area is 122 Å². The van der Waals surface area contributed by atoms with Crippen molar-refractivity contribution in [3.05, 3.63) is 35.4 Å². The van der Waals surface area contributed by atoms with Crippen LogP contribution in [0, 0.1) is 0 Å². The van der Waals surface area contributed by atoms with Crippen molar-refractivity contribution >= 4 is 21.9 Å². The number of nitrogens with zero attached hydrogens (tertiary/aromatic N) is 1. The number of hydrogen-bond acceptors (Lipinski definition) is 4. The number of hydrogen-bond donors (Lipinski definition) is 2. The Bertz CT molecular complexity index is 654. The summed E-state index contributed by atoms with van der Waals surface area (Å²) < 4.78 is 24.8. The van der Waals surface area contributed by atoms with Gasteiger partial charge in [-0.15, -0.1) is 0 Å². The molecule has 1 atom stereocenters. The second-order valence-electron chi connectivity index (χ2n) is 5.01. The molecular formula is C13H16N2O5S. The standard InChI is InChI=1S/C13H16N2O5S/c1-21(19,20)14-11-6-7-15(8-11)12(16)9-2-4-10(5-3-9)13(17)18/h2-5,11,14H,6-8H2,1H3,(H,17,18)/t11-/m0/s1. The summed E-state index contributed by atoms with van der Waals surface area (Å²) in [6, 6.07) is 5.39. The topological polar surface area (TPSA) is 104 Å². The van der Waals surface area contributed by atoms with Crippen LogP contribution in [0.2, 0.25) is 0 Å². The molecule has 1 aromatic rings. The average molecular weight is 312 g/mol. The molecule has 0 radical (unpaired) electrons. The van der Waals surface area contributed by atoms with Gasteiger partial charge in [-0.3, -0.25) is 4.79 Å². The maximum atomic E-state index is 12.2. The van der Waals surface area contributed by atoms with Gasteiger partial charge in [0.25, 0.3) is 5.91 Å². The molecule has 1 saturated heterocycles. The van der Waals surface area contributed by atoms with E-state index in [1.165, 1.54) is 24.3 Å². The van der Waals surface area contributed by atoms with E-state index < -0.39 is 16.0 Å². The van der Waals surface area contributed by atoms with Gasteiger partial charge in [0.15, 0.2) is 0 Å². The summed E-state index contributed by atoms with van der Waals surface area (Å²) in [7, 11) is -3.29. The zero-order valence-electron chi connectivity index (χ0n) is 11.4. The van der Waals surface area contributed by atoms with Gasteiger partial charge in [0.2, 0.25) is 10.0 Å². The van der Waals surface area contributed by atoms with Gasteiger partial charge < -0.3 is 10.0 Å². The van der Waals surface area contributed by atoms with Gasteiger partial charge in [-0.05, 0) is 30.7 Å². The third-order valence-electron chi connectivity index (χ3n) is 3.24. The Morgan fingerprint density at radius 1 is 1.24 bits per heavy atom. The normalized spacial score (nSPS) is 18.7. The molecule has 0 aromatic heterocycles. The number of carboxylic acids is 1. The van der Waals surface area contributed by atoms with Crippen molar-refractivity contribution in [3.63, 3.8) is 0 Å². The van der Waals surface area contributed by atoms with Crippen LogP contribution >= 0.6 is 0 Å². The lowest BCUT2D eigenvalue weighted by molar-refractivity contribution is 0.0695. The highest BCUT2D eigenvalue weighted by atomic mass is 32.2. The third-order valence-corrected chi connectivity index (χ3v) is 4.00. The van der Waals surface area contributed by atoms with Gasteiger partial charge in [-0.1, -0.05) is 0 Å². The van der Waals surface area contributed by atoms with Crippen molar-refractivity contribution in [2.24, 2.45) is 0 Å². The Morgan fingerprint density at radius 2 is 1.81 bits per heavy atom. The van der Waals surface area contributed by atoms with Crippen molar-refractivity contribution in [1.29, 1.82) is 0 Å². The first kappa shape index (κ1) is 15.5. The first-order valence-corrected chi connectivity index (χ1v) is 8.25. The molecule has 21 heavy (non-hydrogen) atoms. The summed E-state index contributed by atoms with van der Waals surface area (Å²) in [5.41, 5.74) is 0.504. The molecule has 0 spiro atoms. The lowest BCUT2D eigenvalue weighted by Gasteiger charge is -2.16. The molecule has 2 N–H and O–H groups in total. The highest BCUT2D eigenvalue weighted by molar-refractivity contribution is 7.88. The van der Waals surface area contributed by atoms with Crippen LogP contribution in [0.15, 0.2) is 24.3 Å². The summed E-state index contributed by atoms with van der Waals surface area (Å²) in [6.07, 6.45) is 1.65. The lowest BCUT2D eigenvalue weighted by Crippen LogP contribution is -2.37. The van der Waals surface area contributed by atoms with Crippen LogP contribution in [0.4, 0.5) is 0 Å². The van der Waals surface area contributed by atoms with E-state index in [1.54, 1.807) is 4.90 Å². The molecule has 1 amide bonds. The quantitative estimate of drug-likeness (QED) is 0.823. The molecule has 7 nitrogen and oxygen atoms in total. The SMILES string of the molecule is CS(=O)(=O)N[C@H]1CCN(C(=O)c2ccc(C(=O)O)cc2)C1. The summed E-state index contributed by atoms with van der Waals surface area (Å²) in [5, 5.41) is 8.81. The number of carbonyl (C=O) groups is 2. The van der Waals surface area contributed by atoms with Crippen LogP contribution in [-0.2, 0) is 10.0 Å². The predicted molar refractivity (Wildman–Crippen MR) is 75.7 cm³/mol. The highest BCUT2D eigenvalue weighted by Gasteiger charge is 2.28. The number of aromatic carboxylic acids is 1. The van der Waals surface area contributed by atoms with Gasteiger partial charge in [-0.25, -0.2) is 17.9 Å². The number of nitrogens with one attached hydrogen (secondary N) is 1. The molecule has 1 aliphatic rings. The second kappa shape index (κ2) is 5.82. The Kier molecular flexibility index (Phi) is 4.29. The molecule has 1 aromatic carbocycles. The zero-order valence-corrected chi connectivity index (χ0v) is 12.3. The van der Waals surface area contributed by atoms with Gasteiger partial charge in [0, 0.05) is 24.7 Å². The Morgan fingerprint density at radius 3 is 2.33 bits per heavy atom. The molecule has 1 heterocycles. The number of sulfonamides is 1. The van der Waals surface area contributed by atoms with Gasteiger partial charge in [0.1, 0.15) is 0 Å². The smallest absolute Gasteiger partial charge is 0.335 e. The maximum Gasteiger partial charge on any atom is 0.335 e. The molecule has 2 rings (SSSR count). The van der Waals surface area contributed by atoms with E-state index in [1.807, 2.05) is 0 Å². The number of carbonyl (C=O) groups excluding carboxylic acids is 1. The van der Waals surface area contributed by atoms with Crippen molar-refractivity contribution in [2.75, 3.05) is 19.3 Å². The average Bonchev–Trinajstić information content (AvgIpc) is 2.84. The van der Waals surface area contributed by atoms with E-state index in [2.05, 4.69) is 4.72 Å². The van der Waals surface area contributed by atoms with Crippen LogP contribution in [0.5, 0.6) is 0 Å². The molecule has 0 unspecified atom stereocenters. The molecule has 1 aliphatic heterocycles. The highest BCUT2D eigenvalue weighted by Crippen LogP contribution is 2.15. The first-order valence-electron chi connectivity index (χ1n) is 6.36. The largest absolute Gasteiger partial charge is 0.478 e.